The summed E-state index contributed by atoms with van der Waals surface area (Å²) in [6.45, 7) is 7.32. The van der Waals surface area contributed by atoms with Crippen LogP contribution in [-0.4, -0.2) is 23.3 Å². The van der Waals surface area contributed by atoms with Crippen molar-refractivity contribution in [2.75, 3.05) is 13.7 Å². The van der Waals surface area contributed by atoms with Gasteiger partial charge in [0.15, 0.2) is 0 Å². The van der Waals surface area contributed by atoms with E-state index in [-0.39, 0.29) is 11.5 Å². The lowest BCUT2D eigenvalue weighted by Gasteiger charge is -2.14. The highest BCUT2D eigenvalue weighted by atomic mass is 32.1. The van der Waals surface area contributed by atoms with Crippen molar-refractivity contribution < 1.29 is 4.74 Å². The number of methoxy groups -OCH3 is 1. The molecule has 0 unspecified atom stereocenters. The standard InChI is InChI=1S/C18H22N2O2S2/c1-5-12-14(13-7-6-10-23-13)15-17(24-12)19-16(11(2)3)20(18(15)21)8-9-22-4/h6-7,10-11H,5,8-9H2,1-4H3. The smallest absolute Gasteiger partial charge is 0.263 e. The number of nitrogens with zero attached hydrogens (tertiary/aromatic N) is 2. The summed E-state index contributed by atoms with van der Waals surface area (Å²) in [6, 6.07) is 4.11. The molecule has 128 valence electrons. The molecular formula is C18H22N2O2S2. The topological polar surface area (TPSA) is 44.1 Å². The number of fused-ring (bicyclic) bond motifs is 1. The van der Waals surface area contributed by atoms with E-state index in [9.17, 15) is 4.79 Å². The van der Waals surface area contributed by atoms with Crippen molar-refractivity contribution in [1.29, 1.82) is 0 Å². The zero-order valence-corrected chi connectivity index (χ0v) is 16.1. The fourth-order valence-corrected chi connectivity index (χ4v) is 4.91. The molecule has 3 aromatic heterocycles. The van der Waals surface area contributed by atoms with Gasteiger partial charge in [0, 0.05) is 28.3 Å². The molecular weight excluding hydrogens is 340 g/mol. The van der Waals surface area contributed by atoms with Crippen LogP contribution in [0.2, 0.25) is 0 Å². The Balaban J connectivity index is 2.35. The Morgan fingerprint density at radius 1 is 1.38 bits per heavy atom. The van der Waals surface area contributed by atoms with Crippen LogP contribution in [0.3, 0.4) is 0 Å². The van der Waals surface area contributed by atoms with Crippen molar-refractivity contribution in [3.63, 3.8) is 0 Å². The first-order valence-corrected chi connectivity index (χ1v) is 9.87. The van der Waals surface area contributed by atoms with Crippen LogP contribution in [0.15, 0.2) is 22.3 Å². The van der Waals surface area contributed by atoms with E-state index in [1.54, 1.807) is 34.4 Å². The summed E-state index contributed by atoms with van der Waals surface area (Å²) < 4.78 is 6.99. The fourth-order valence-electron chi connectivity index (χ4n) is 2.92. The molecule has 3 heterocycles. The predicted molar refractivity (Wildman–Crippen MR) is 103 cm³/mol. The number of aromatic nitrogens is 2. The SMILES string of the molecule is CCc1sc2nc(C(C)C)n(CCOC)c(=O)c2c1-c1cccs1. The fraction of sp³-hybridized carbons (Fsp3) is 0.444. The van der Waals surface area contributed by atoms with Crippen molar-refractivity contribution >= 4 is 32.9 Å². The van der Waals surface area contributed by atoms with Crippen LogP contribution >= 0.6 is 22.7 Å². The van der Waals surface area contributed by atoms with Crippen molar-refractivity contribution in [2.24, 2.45) is 0 Å². The Kier molecular flexibility index (Phi) is 5.18. The van der Waals surface area contributed by atoms with Crippen molar-refractivity contribution in [3.8, 4) is 10.4 Å². The normalized spacial score (nSPS) is 11.7. The molecule has 0 aromatic carbocycles. The van der Waals surface area contributed by atoms with Crippen LogP contribution in [0.25, 0.3) is 20.7 Å². The van der Waals surface area contributed by atoms with Crippen LogP contribution in [0, 0.1) is 0 Å². The number of rotatable bonds is 6. The second kappa shape index (κ2) is 7.17. The lowest BCUT2D eigenvalue weighted by molar-refractivity contribution is 0.184. The maximum absolute atomic E-state index is 13.3. The number of hydrogen-bond acceptors (Lipinski definition) is 5. The van der Waals surface area contributed by atoms with E-state index in [0.29, 0.717) is 13.2 Å². The van der Waals surface area contributed by atoms with Gasteiger partial charge in [-0.15, -0.1) is 22.7 Å². The van der Waals surface area contributed by atoms with E-state index in [2.05, 4.69) is 32.2 Å². The van der Waals surface area contributed by atoms with Gasteiger partial charge in [-0.2, -0.15) is 0 Å². The van der Waals surface area contributed by atoms with Gasteiger partial charge in [-0.3, -0.25) is 9.36 Å². The maximum atomic E-state index is 13.3. The van der Waals surface area contributed by atoms with Crippen LogP contribution in [0.5, 0.6) is 0 Å². The van der Waals surface area contributed by atoms with Crippen LogP contribution in [0.4, 0.5) is 0 Å². The molecule has 0 N–H and O–H groups in total. The number of thiophene rings is 2. The molecule has 0 saturated carbocycles. The molecule has 6 heteroatoms. The second-order valence-corrected chi connectivity index (χ2v) is 8.02. The van der Waals surface area contributed by atoms with E-state index in [1.165, 1.54) is 4.88 Å². The Labute approximate surface area is 149 Å². The molecule has 0 spiro atoms. The quantitative estimate of drug-likeness (QED) is 0.647. The first-order valence-electron chi connectivity index (χ1n) is 8.17. The third-order valence-corrected chi connectivity index (χ3v) is 6.15. The highest BCUT2D eigenvalue weighted by Gasteiger charge is 2.22. The summed E-state index contributed by atoms with van der Waals surface area (Å²) in [7, 11) is 1.66. The van der Waals surface area contributed by atoms with E-state index in [1.807, 2.05) is 6.07 Å². The van der Waals surface area contributed by atoms with E-state index in [4.69, 9.17) is 9.72 Å². The summed E-state index contributed by atoms with van der Waals surface area (Å²) in [5, 5.41) is 2.82. The van der Waals surface area contributed by atoms with Crippen molar-refractivity contribution in [1.82, 2.24) is 9.55 Å². The lowest BCUT2D eigenvalue weighted by atomic mass is 10.1. The summed E-state index contributed by atoms with van der Waals surface area (Å²) in [5.41, 5.74) is 1.13. The van der Waals surface area contributed by atoms with Crippen molar-refractivity contribution in [3.05, 3.63) is 38.6 Å². The minimum atomic E-state index is 0.0556. The minimum Gasteiger partial charge on any atom is -0.383 e. The summed E-state index contributed by atoms with van der Waals surface area (Å²) in [5.74, 6) is 1.03. The summed E-state index contributed by atoms with van der Waals surface area (Å²) in [6.07, 6.45) is 0.906. The molecule has 0 radical (unpaired) electrons. The largest absolute Gasteiger partial charge is 0.383 e. The summed E-state index contributed by atoms with van der Waals surface area (Å²) in [4.78, 5) is 21.4. The molecule has 4 nitrogen and oxygen atoms in total. The number of hydrogen-bond donors (Lipinski definition) is 0. The van der Waals surface area contributed by atoms with Gasteiger partial charge in [0.05, 0.1) is 18.5 Å². The van der Waals surface area contributed by atoms with Gasteiger partial charge in [-0.05, 0) is 17.9 Å². The van der Waals surface area contributed by atoms with E-state index >= 15 is 0 Å². The Morgan fingerprint density at radius 2 is 2.17 bits per heavy atom. The number of aryl methyl sites for hydroxylation is 1. The zero-order valence-electron chi connectivity index (χ0n) is 14.5. The zero-order chi connectivity index (χ0) is 17.3. The van der Waals surface area contributed by atoms with Crippen LogP contribution in [-0.2, 0) is 17.7 Å². The Bertz CT molecular complexity index is 892. The maximum Gasteiger partial charge on any atom is 0.263 e. The van der Waals surface area contributed by atoms with Crippen molar-refractivity contribution in [2.45, 2.75) is 39.7 Å². The van der Waals surface area contributed by atoms with Gasteiger partial charge >= 0.3 is 0 Å². The molecule has 0 amide bonds. The second-order valence-electron chi connectivity index (χ2n) is 5.99. The first-order chi connectivity index (χ1) is 11.6. The molecule has 3 aromatic rings. The molecule has 0 aliphatic rings. The van der Waals surface area contributed by atoms with Gasteiger partial charge in [0.25, 0.3) is 5.56 Å². The lowest BCUT2D eigenvalue weighted by Crippen LogP contribution is -2.27. The molecule has 0 saturated heterocycles. The van der Waals surface area contributed by atoms with E-state index < -0.39 is 0 Å². The average Bonchev–Trinajstić information content (AvgIpc) is 3.20. The molecule has 0 fully saturated rings. The van der Waals surface area contributed by atoms with E-state index in [0.717, 1.165) is 32.9 Å². The van der Waals surface area contributed by atoms with Crippen LogP contribution in [0.1, 0.15) is 37.4 Å². The third kappa shape index (κ3) is 2.94. The van der Waals surface area contributed by atoms with Gasteiger partial charge < -0.3 is 4.74 Å². The molecule has 24 heavy (non-hydrogen) atoms. The van der Waals surface area contributed by atoms with Crippen LogP contribution < -0.4 is 5.56 Å². The summed E-state index contributed by atoms with van der Waals surface area (Å²) >= 11 is 3.33. The highest BCUT2D eigenvalue weighted by Crippen LogP contribution is 2.39. The average molecular weight is 363 g/mol. The van der Waals surface area contributed by atoms with Gasteiger partial charge in [-0.1, -0.05) is 26.8 Å². The first kappa shape index (κ1) is 17.3. The molecule has 3 rings (SSSR count). The van der Waals surface area contributed by atoms with Gasteiger partial charge in [0.1, 0.15) is 10.7 Å². The Morgan fingerprint density at radius 3 is 2.75 bits per heavy atom. The van der Waals surface area contributed by atoms with Gasteiger partial charge in [-0.25, -0.2) is 4.98 Å². The molecule has 0 bridgehead atoms. The molecule has 0 aliphatic carbocycles. The Hall–Kier alpha value is -1.50. The highest BCUT2D eigenvalue weighted by molar-refractivity contribution is 7.20. The molecule has 0 atom stereocenters. The molecule has 0 aliphatic heterocycles. The van der Waals surface area contributed by atoms with Gasteiger partial charge in [0.2, 0.25) is 0 Å². The minimum absolute atomic E-state index is 0.0556. The monoisotopic (exact) mass is 362 g/mol. The predicted octanol–water partition coefficient (Wildman–Crippen LogP) is 4.52. The number of ether oxygens (including phenoxy) is 1. The third-order valence-electron chi connectivity index (χ3n) is 4.04.